The first-order valence-corrected chi connectivity index (χ1v) is 8.06. The molecule has 0 spiro atoms. The molecule has 0 amide bonds. The number of methoxy groups -OCH3 is 1. The van der Waals surface area contributed by atoms with Crippen LogP contribution in [-0.4, -0.2) is 59.8 Å². The van der Waals surface area contributed by atoms with E-state index in [1.807, 2.05) is 12.1 Å². The van der Waals surface area contributed by atoms with Gasteiger partial charge in [0.2, 0.25) is 5.95 Å². The molecule has 1 atom stereocenters. The number of benzene rings is 1. The zero-order chi connectivity index (χ0) is 16.9. The average Bonchev–Trinajstić information content (AvgIpc) is 2.64. The van der Waals surface area contributed by atoms with E-state index in [4.69, 9.17) is 10.5 Å². The predicted octanol–water partition coefficient (Wildman–Crippen LogP) is 1.01. The fraction of sp³-hybridized carbons (Fsp3) is 0.412. The number of piperazine rings is 1. The standard InChI is InChI=1S/C17H23N5O2/c1-24-16-4-3-13(11-15(16)23)14(12-18)21-7-9-22(10-8-21)17-19-5-2-6-20-17/h2-6,11,14,23H,7-10,12,18H2,1H3. The quantitative estimate of drug-likeness (QED) is 0.846. The first-order chi connectivity index (χ1) is 11.7. The third-order valence-corrected chi connectivity index (χ3v) is 4.40. The summed E-state index contributed by atoms with van der Waals surface area (Å²) in [6, 6.07) is 7.37. The van der Waals surface area contributed by atoms with Crippen molar-refractivity contribution < 1.29 is 9.84 Å². The van der Waals surface area contributed by atoms with Crippen molar-refractivity contribution in [1.29, 1.82) is 0 Å². The second-order valence-corrected chi connectivity index (χ2v) is 5.75. The number of anilines is 1. The Labute approximate surface area is 141 Å². The Morgan fingerprint density at radius 1 is 1.21 bits per heavy atom. The number of nitrogens with two attached hydrogens (primary N) is 1. The molecule has 2 heterocycles. The highest BCUT2D eigenvalue weighted by molar-refractivity contribution is 5.43. The van der Waals surface area contributed by atoms with Crippen LogP contribution in [0.3, 0.4) is 0 Å². The second kappa shape index (κ2) is 7.46. The second-order valence-electron chi connectivity index (χ2n) is 5.75. The lowest BCUT2D eigenvalue weighted by Crippen LogP contribution is -2.49. The molecule has 7 nitrogen and oxygen atoms in total. The summed E-state index contributed by atoms with van der Waals surface area (Å²) in [4.78, 5) is 13.1. The van der Waals surface area contributed by atoms with Crippen LogP contribution in [0.4, 0.5) is 5.95 Å². The lowest BCUT2D eigenvalue weighted by Gasteiger charge is -2.39. The molecule has 3 N–H and O–H groups in total. The molecule has 3 rings (SSSR count). The van der Waals surface area contributed by atoms with Gasteiger partial charge in [-0.25, -0.2) is 9.97 Å². The number of aromatic hydroxyl groups is 1. The molecule has 1 aliphatic rings. The van der Waals surface area contributed by atoms with E-state index in [1.54, 1.807) is 31.6 Å². The molecule has 7 heteroatoms. The van der Waals surface area contributed by atoms with Crippen LogP contribution < -0.4 is 15.4 Å². The lowest BCUT2D eigenvalue weighted by molar-refractivity contribution is 0.189. The maximum absolute atomic E-state index is 10.0. The Morgan fingerprint density at radius 3 is 2.50 bits per heavy atom. The van der Waals surface area contributed by atoms with Gasteiger partial charge in [0, 0.05) is 51.2 Å². The molecule has 0 bridgehead atoms. The highest BCUT2D eigenvalue weighted by Crippen LogP contribution is 2.31. The molecule has 0 aliphatic carbocycles. The zero-order valence-electron chi connectivity index (χ0n) is 13.8. The Morgan fingerprint density at radius 2 is 1.92 bits per heavy atom. The number of ether oxygens (including phenoxy) is 1. The van der Waals surface area contributed by atoms with Gasteiger partial charge in [-0.1, -0.05) is 6.07 Å². The normalized spacial score (nSPS) is 16.8. The van der Waals surface area contributed by atoms with E-state index in [0.29, 0.717) is 12.3 Å². The van der Waals surface area contributed by atoms with E-state index in [-0.39, 0.29) is 11.8 Å². The minimum absolute atomic E-state index is 0.0700. The van der Waals surface area contributed by atoms with E-state index in [0.717, 1.165) is 37.7 Å². The third kappa shape index (κ3) is 3.42. The highest BCUT2D eigenvalue weighted by atomic mass is 16.5. The van der Waals surface area contributed by atoms with Crippen LogP contribution >= 0.6 is 0 Å². The monoisotopic (exact) mass is 329 g/mol. The number of hydrogen-bond donors (Lipinski definition) is 2. The number of phenolic OH excluding ortho intramolecular Hbond substituents is 1. The Kier molecular flexibility index (Phi) is 5.12. The van der Waals surface area contributed by atoms with Gasteiger partial charge in [0.25, 0.3) is 0 Å². The Balaban J connectivity index is 1.68. The van der Waals surface area contributed by atoms with Crippen LogP contribution in [0.25, 0.3) is 0 Å². The van der Waals surface area contributed by atoms with Crippen LogP contribution in [0.5, 0.6) is 11.5 Å². The summed E-state index contributed by atoms with van der Waals surface area (Å²) in [5, 5.41) is 10.0. The fourth-order valence-electron chi connectivity index (χ4n) is 3.10. The molecule has 1 aromatic heterocycles. The fourth-order valence-corrected chi connectivity index (χ4v) is 3.10. The topological polar surface area (TPSA) is 87.7 Å². The Bertz CT molecular complexity index is 659. The van der Waals surface area contributed by atoms with Crippen LogP contribution in [0.15, 0.2) is 36.7 Å². The maximum atomic E-state index is 10.0. The lowest BCUT2D eigenvalue weighted by atomic mass is 10.0. The van der Waals surface area contributed by atoms with Gasteiger partial charge in [-0.05, 0) is 23.8 Å². The van der Waals surface area contributed by atoms with Crippen molar-refractivity contribution in [2.75, 3.05) is 44.7 Å². The van der Waals surface area contributed by atoms with Gasteiger partial charge in [-0.3, -0.25) is 4.90 Å². The van der Waals surface area contributed by atoms with Crippen molar-refractivity contribution in [2.45, 2.75) is 6.04 Å². The molecular formula is C17H23N5O2. The van der Waals surface area contributed by atoms with E-state index in [2.05, 4.69) is 19.8 Å². The van der Waals surface area contributed by atoms with Crippen LogP contribution in [0.2, 0.25) is 0 Å². The summed E-state index contributed by atoms with van der Waals surface area (Å²) in [5.74, 6) is 1.38. The molecule has 1 aliphatic heterocycles. The Hall–Kier alpha value is -2.38. The molecular weight excluding hydrogens is 306 g/mol. The molecule has 1 aromatic carbocycles. The molecule has 24 heavy (non-hydrogen) atoms. The van der Waals surface area contributed by atoms with Crippen molar-refractivity contribution in [1.82, 2.24) is 14.9 Å². The molecule has 128 valence electrons. The van der Waals surface area contributed by atoms with Crippen molar-refractivity contribution in [2.24, 2.45) is 5.73 Å². The maximum Gasteiger partial charge on any atom is 0.225 e. The van der Waals surface area contributed by atoms with Crippen LogP contribution in [0.1, 0.15) is 11.6 Å². The molecule has 0 radical (unpaired) electrons. The van der Waals surface area contributed by atoms with Gasteiger partial charge in [0.05, 0.1) is 7.11 Å². The van der Waals surface area contributed by atoms with Crippen molar-refractivity contribution in [3.8, 4) is 11.5 Å². The molecule has 1 fully saturated rings. The summed E-state index contributed by atoms with van der Waals surface area (Å²) >= 11 is 0. The van der Waals surface area contributed by atoms with E-state index in [9.17, 15) is 5.11 Å². The third-order valence-electron chi connectivity index (χ3n) is 4.40. The SMILES string of the molecule is COc1ccc(C(CN)N2CCN(c3ncccn3)CC2)cc1O. The summed E-state index contributed by atoms with van der Waals surface area (Å²) in [6.07, 6.45) is 3.52. The van der Waals surface area contributed by atoms with Crippen LogP contribution in [0, 0.1) is 0 Å². The van der Waals surface area contributed by atoms with Gasteiger partial charge < -0.3 is 20.5 Å². The molecule has 0 saturated carbocycles. The van der Waals surface area contributed by atoms with Gasteiger partial charge in [-0.15, -0.1) is 0 Å². The minimum Gasteiger partial charge on any atom is -0.504 e. The van der Waals surface area contributed by atoms with E-state index >= 15 is 0 Å². The first-order valence-electron chi connectivity index (χ1n) is 8.06. The van der Waals surface area contributed by atoms with Crippen molar-refractivity contribution >= 4 is 5.95 Å². The number of phenols is 1. The molecule has 2 aromatic rings. The summed E-state index contributed by atoms with van der Waals surface area (Å²) in [6.45, 7) is 3.93. The number of aromatic nitrogens is 2. The number of nitrogens with zero attached hydrogens (tertiary/aromatic N) is 4. The van der Waals surface area contributed by atoms with Gasteiger partial charge in [0.1, 0.15) is 0 Å². The van der Waals surface area contributed by atoms with E-state index < -0.39 is 0 Å². The van der Waals surface area contributed by atoms with Crippen molar-refractivity contribution in [3.05, 3.63) is 42.2 Å². The molecule has 1 saturated heterocycles. The average molecular weight is 329 g/mol. The van der Waals surface area contributed by atoms with Gasteiger partial charge in [0.15, 0.2) is 11.5 Å². The van der Waals surface area contributed by atoms with Crippen molar-refractivity contribution in [3.63, 3.8) is 0 Å². The molecule has 1 unspecified atom stereocenters. The zero-order valence-corrected chi connectivity index (χ0v) is 13.8. The van der Waals surface area contributed by atoms with Gasteiger partial charge in [-0.2, -0.15) is 0 Å². The highest BCUT2D eigenvalue weighted by Gasteiger charge is 2.25. The summed E-state index contributed by atoms with van der Waals surface area (Å²) in [5.41, 5.74) is 7.01. The summed E-state index contributed by atoms with van der Waals surface area (Å²) in [7, 11) is 1.54. The number of hydrogen-bond acceptors (Lipinski definition) is 7. The van der Waals surface area contributed by atoms with E-state index in [1.165, 1.54) is 0 Å². The largest absolute Gasteiger partial charge is 0.504 e. The smallest absolute Gasteiger partial charge is 0.225 e. The van der Waals surface area contributed by atoms with Crippen LogP contribution in [-0.2, 0) is 0 Å². The van der Waals surface area contributed by atoms with Gasteiger partial charge >= 0.3 is 0 Å². The predicted molar refractivity (Wildman–Crippen MR) is 92.3 cm³/mol. The minimum atomic E-state index is 0.0700. The first kappa shape index (κ1) is 16.5. The number of rotatable bonds is 5. The summed E-state index contributed by atoms with van der Waals surface area (Å²) < 4.78 is 5.11.